The Bertz CT molecular complexity index is 508. The number of aliphatic hydroxyl groups is 1. The van der Waals surface area contributed by atoms with Crippen molar-refractivity contribution in [3.63, 3.8) is 0 Å². The van der Waals surface area contributed by atoms with E-state index < -0.39 is 10.8 Å². The number of aliphatic hydroxyl groups excluding tert-OH is 1. The average Bonchev–Trinajstić information content (AvgIpc) is 2.39. The molecule has 0 aliphatic carbocycles. The highest BCUT2D eigenvalue weighted by atomic mass is 35.5. The van der Waals surface area contributed by atoms with E-state index in [9.17, 15) is 14.9 Å². The molecule has 0 aromatic heterocycles. The summed E-state index contributed by atoms with van der Waals surface area (Å²) in [5.74, 6) is -0.584. The van der Waals surface area contributed by atoms with Crippen LogP contribution in [0.4, 0.5) is 5.69 Å². The van der Waals surface area contributed by atoms with Crippen LogP contribution >= 0.6 is 23.4 Å². The maximum absolute atomic E-state index is 12.1. The Morgan fingerprint density at radius 2 is 2.25 bits per heavy atom. The number of benzene rings is 1. The maximum Gasteiger partial charge on any atom is 0.282 e. The van der Waals surface area contributed by atoms with Crippen LogP contribution in [0.5, 0.6) is 0 Å². The molecule has 0 saturated carbocycles. The van der Waals surface area contributed by atoms with Crippen LogP contribution in [-0.4, -0.2) is 40.1 Å². The fourth-order valence-electron chi connectivity index (χ4n) is 1.66. The Balaban J connectivity index is 2.97. The molecule has 110 valence electrons. The molecule has 1 aromatic rings. The molecule has 2 unspecified atom stereocenters. The molecular formula is C12H15ClN2O4S. The van der Waals surface area contributed by atoms with Crippen LogP contribution in [0.3, 0.4) is 0 Å². The van der Waals surface area contributed by atoms with Crippen LogP contribution in [0.2, 0.25) is 5.02 Å². The van der Waals surface area contributed by atoms with Crippen LogP contribution < -0.4 is 5.32 Å². The summed E-state index contributed by atoms with van der Waals surface area (Å²) in [4.78, 5) is 22.4. The van der Waals surface area contributed by atoms with Crippen molar-refractivity contribution < 1.29 is 14.8 Å². The van der Waals surface area contributed by atoms with Gasteiger partial charge in [0.2, 0.25) is 0 Å². The summed E-state index contributed by atoms with van der Waals surface area (Å²) in [5, 5.41) is 22.8. The van der Waals surface area contributed by atoms with E-state index >= 15 is 0 Å². The number of nitrogens with zero attached hydrogens (tertiary/aromatic N) is 1. The lowest BCUT2D eigenvalue weighted by Crippen LogP contribution is -2.41. The van der Waals surface area contributed by atoms with Crippen molar-refractivity contribution in [1.29, 1.82) is 0 Å². The monoisotopic (exact) mass is 318 g/mol. The van der Waals surface area contributed by atoms with Gasteiger partial charge in [-0.05, 0) is 25.3 Å². The fraction of sp³-hybridized carbons (Fsp3) is 0.417. The van der Waals surface area contributed by atoms with Gasteiger partial charge in [-0.15, -0.1) is 0 Å². The van der Waals surface area contributed by atoms with E-state index in [4.69, 9.17) is 16.7 Å². The Hall–Kier alpha value is -1.31. The molecule has 8 heteroatoms. The SMILES string of the molecule is CSC(CO)C(C)NC(=O)c1cc(Cl)ccc1[N+](=O)[O-]. The highest BCUT2D eigenvalue weighted by molar-refractivity contribution is 7.99. The van der Waals surface area contributed by atoms with E-state index in [1.807, 2.05) is 6.26 Å². The summed E-state index contributed by atoms with van der Waals surface area (Å²) < 4.78 is 0. The van der Waals surface area contributed by atoms with Gasteiger partial charge in [0.05, 0.1) is 11.5 Å². The van der Waals surface area contributed by atoms with E-state index in [1.54, 1.807) is 6.92 Å². The minimum atomic E-state index is -0.631. The third-order valence-corrected chi connectivity index (χ3v) is 4.20. The molecule has 0 fully saturated rings. The minimum absolute atomic E-state index is 0.0906. The van der Waals surface area contributed by atoms with Gasteiger partial charge in [0, 0.05) is 22.4 Å². The number of amides is 1. The lowest BCUT2D eigenvalue weighted by Gasteiger charge is -2.21. The lowest BCUT2D eigenvalue weighted by molar-refractivity contribution is -0.385. The van der Waals surface area contributed by atoms with E-state index in [0.717, 1.165) is 0 Å². The molecule has 0 aliphatic heterocycles. The summed E-state index contributed by atoms with van der Waals surface area (Å²) in [5.41, 5.74) is -0.393. The molecule has 2 N–H and O–H groups in total. The summed E-state index contributed by atoms with van der Waals surface area (Å²) in [7, 11) is 0. The number of carbonyl (C=O) groups excluding carboxylic acids is 1. The van der Waals surface area contributed by atoms with Gasteiger partial charge < -0.3 is 10.4 Å². The first-order chi connectivity index (χ1) is 9.40. The second kappa shape index (κ2) is 7.47. The molecule has 0 spiro atoms. The maximum atomic E-state index is 12.1. The Morgan fingerprint density at radius 3 is 2.75 bits per heavy atom. The summed E-state index contributed by atoms with van der Waals surface area (Å²) in [6.45, 7) is 1.63. The number of thioether (sulfide) groups is 1. The quantitative estimate of drug-likeness (QED) is 0.619. The number of nitro groups is 1. The highest BCUT2D eigenvalue weighted by Gasteiger charge is 2.24. The van der Waals surface area contributed by atoms with Gasteiger partial charge in [-0.2, -0.15) is 11.8 Å². The van der Waals surface area contributed by atoms with Crippen LogP contribution in [0.1, 0.15) is 17.3 Å². The van der Waals surface area contributed by atoms with Crippen molar-refractivity contribution in [1.82, 2.24) is 5.32 Å². The third-order valence-electron chi connectivity index (χ3n) is 2.80. The number of rotatable bonds is 6. The summed E-state index contributed by atoms with van der Waals surface area (Å²) >= 11 is 7.18. The first kappa shape index (κ1) is 16.7. The fourth-order valence-corrected chi connectivity index (χ4v) is 2.46. The average molecular weight is 319 g/mol. The number of halogens is 1. The summed E-state index contributed by atoms with van der Waals surface area (Å²) in [6, 6.07) is 3.48. The van der Waals surface area contributed by atoms with Crippen molar-refractivity contribution in [2.24, 2.45) is 0 Å². The first-order valence-electron chi connectivity index (χ1n) is 5.79. The van der Waals surface area contributed by atoms with E-state index in [0.29, 0.717) is 0 Å². The van der Waals surface area contributed by atoms with Crippen LogP contribution in [0, 0.1) is 10.1 Å². The van der Waals surface area contributed by atoms with Crippen LogP contribution in [0.15, 0.2) is 18.2 Å². The third kappa shape index (κ3) is 4.09. The molecule has 6 nitrogen and oxygen atoms in total. The molecule has 0 saturated heterocycles. The standard InChI is InChI=1S/C12H15ClN2O4S/c1-7(11(6-16)20-2)14-12(17)9-5-8(13)3-4-10(9)15(18)19/h3-5,7,11,16H,6H2,1-2H3,(H,14,17). The topological polar surface area (TPSA) is 92.5 Å². The van der Waals surface area contributed by atoms with Crippen LogP contribution in [-0.2, 0) is 0 Å². The smallest absolute Gasteiger partial charge is 0.282 e. The molecular weight excluding hydrogens is 304 g/mol. The normalized spacial score (nSPS) is 13.6. The molecule has 0 bridgehead atoms. The molecule has 1 amide bonds. The molecule has 0 heterocycles. The number of hydrogen-bond acceptors (Lipinski definition) is 5. The van der Waals surface area contributed by atoms with Crippen molar-refractivity contribution in [2.45, 2.75) is 18.2 Å². The number of nitrogens with one attached hydrogen (secondary N) is 1. The Morgan fingerprint density at radius 1 is 1.60 bits per heavy atom. The zero-order valence-corrected chi connectivity index (χ0v) is 12.6. The van der Waals surface area contributed by atoms with Crippen molar-refractivity contribution in [3.8, 4) is 0 Å². The van der Waals surface area contributed by atoms with Gasteiger partial charge in [0.1, 0.15) is 5.56 Å². The molecule has 2 atom stereocenters. The van der Waals surface area contributed by atoms with Gasteiger partial charge in [0.25, 0.3) is 11.6 Å². The lowest BCUT2D eigenvalue weighted by atomic mass is 10.1. The first-order valence-corrected chi connectivity index (χ1v) is 7.45. The second-order valence-electron chi connectivity index (χ2n) is 4.14. The number of carbonyl (C=O) groups is 1. The van der Waals surface area contributed by atoms with Crippen molar-refractivity contribution >= 4 is 35.0 Å². The van der Waals surface area contributed by atoms with Gasteiger partial charge in [-0.3, -0.25) is 14.9 Å². The highest BCUT2D eigenvalue weighted by Crippen LogP contribution is 2.23. The number of nitro benzene ring substituents is 1. The van der Waals surface area contributed by atoms with Crippen molar-refractivity contribution in [3.05, 3.63) is 38.9 Å². The van der Waals surface area contributed by atoms with E-state index in [2.05, 4.69) is 5.32 Å². The number of hydrogen-bond donors (Lipinski definition) is 2. The minimum Gasteiger partial charge on any atom is -0.395 e. The molecule has 20 heavy (non-hydrogen) atoms. The Labute approximate surface area is 125 Å². The molecule has 1 rings (SSSR count). The Kier molecular flexibility index (Phi) is 6.25. The zero-order chi connectivity index (χ0) is 15.3. The van der Waals surface area contributed by atoms with Gasteiger partial charge in [-0.1, -0.05) is 11.6 Å². The molecule has 1 aromatic carbocycles. The predicted octanol–water partition coefficient (Wildman–Crippen LogP) is 2.09. The van der Waals surface area contributed by atoms with E-state index in [1.165, 1.54) is 30.0 Å². The summed E-state index contributed by atoms with van der Waals surface area (Å²) in [6.07, 6.45) is 1.81. The van der Waals surface area contributed by atoms with Crippen molar-refractivity contribution in [2.75, 3.05) is 12.9 Å². The van der Waals surface area contributed by atoms with Gasteiger partial charge in [0.15, 0.2) is 0 Å². The predicted molar refractivity (Wildman–Crippen MR) is 79.4 cm³/mol. The largest absolute Gasteiger partial charge is 0.395 e. The van der Waals surface area contributed by atoms with Gasteiger partial charge >= 0.3 is 0 Å². The van der Waals surface area contributed by atoms with Gasteiger partial charge in [-0.25, -0.2) is 0 Å². The van der Waals surface area contributed by atoms with Crippen LogP contribution in [0.25, 0.3) is 0 Å². The second-order valence-corrected chi connectivity index (χ2v) is 5.65. The molecule has 0 aliphatic rings. The zero-order valence-electron chi connectivity index (χ0n) is 11.0. The molecule has 0 radical (unpaired) electrons. The van der Waals surface area contributed by atoms with E-state index in [-0.39, 0.29) is 34.2 Å².